The first-order chi connectivity index (χ1) is 16.1. The van der Waals surface area contributed by atoms with E-state index in [1.807, 2.05) is 25.1 Å². The Morgan fingerprint density at radius 3 is 2.67 bits per heavy atom. The number of carbonyl (C=O) groups is 1. The highest BCUT2D eigenvalue weighted by molar-refractivity contribution is 7.09. The lowest BCUT2D eigenvalue weighted by Gasteiger charge is -2.10. The number of benzene rings is 2. The highest BCUT2D eigenvalue weighted by atomic mass is 32.1. The summed E-state index contributed by atoms with van der Waals surface area (Å²) in [5, 5.41) is 3.08. The number of aromatic nitrogens is 5. The van der Waals surface area contributed by atoms with E-state index < -0.39 is 5.91 Å². The van der Waals surface area contributed by atoms with E-state index >= 15 is 0 Å². The lowest BCUT2D eigenvalue weighted by Crippen LogP contribution is -2.11. The van der Waals surface area contributed by atoms with Gasteiger partial charge in [0, 0.05) is 22.7 Å². The molecule has 5 aromatic rings. The molecule has 33 heavy (non-hydrogen) atoms. The maximum atomic E-state index is 11.3. The summed E-state index contributed by atoms with van der Waals surface area (Å²) >= 11 is 1.62. The number of nitrogens with zero attached hydrogens (tertiary/aromatic N) is 5. The van der Waals surface area contributed by atoms with Crippen molar-refractivity contribution < 1.29 is 9.53 Å². The van der Waals surface area contributed by atoms with Crippen molar-refractivity contribution in [2.24, 2.45) is 5.73 Å². The smallest absolute Gasteiger partial charge is 0.248 e. The minimum Gasteiger partial charge on any atom is -0.486 e. The maximum Gasteiger partial charge on any atom is 0.248 e. The number of thiazole rings is 1. The van der Waals surface area contributed by atoms with Gasteiger partial charge in [-0.2, -0.15) is 0 Å². The van der Waals surface area contributed by atoms with Crippen LogP contribution in [-0.2, 0) is 13.2 Å². The molecule has 1 amide bonds. The fraction of sp³-hybridized carbons (Fsp3) is 0.125. The number of carbonyl (C=O) groups excluding carboxylic acids is 1. The third kappa shape index (κ3) is 4.44. The van der Waals surface area contributed by atoms with Crippen molar-refractivity contribution in [2.75, 3.05) is 0 Å². The van der Waals surface area contributed by atoms with E-state index in [4.69, 9.17) is 15.5 Å². The van der Waals surface area contributed by atoms with Gasteiger partial charge in [0.2, 0.25) is 5.91 Å². The van der Waals surface area contributed by atoms with Crippen LogP contribution in [-0.4, -0.2) is 30.4 Å². The Kier molecular flexibility index (Phi) is 5.54. The molecule has 3 heterocycles. The molecule has 0 atom stereocenters. The van der Waals surface area contributed by atoms with Crippen LogP contribution >= 0.6 is 11.3 Å². The van der Waals surface area contributed by atoms with Gasteiger partial charge in [-0.3, -0.25) is 4.79 Å². The number of fused-ring (bicyclic) bond motifs is 1. The molecule has 8 nitrogen and oxygen atoms in total. The Morgan fingerprint density at radius 1 is 1.12 bits per heavy atom. The number of hydrogen-bond donors (Lipinski definition) is 1. The van der Waals surface area contributed by atoms with Crippen LogP contribution < -0.4 is 10.5 Å². The molecule has 2 aromatic carbocycles. The molecule has 9 heteroatoms. The predicted molar refractivity (Wildman–Crippen MR) is 126 cm³/mol. The summed E-state index contributed by atoms with van der Waals surface area (Å²) in [7, 11) is 0. The van der Waals surface area contributed by atoms with Crippen molar-refractivity contribution in [1.29, 1.82) is 0 Å². The van der Waals surface area contributed by atoms with Crippen molar-refractivity contribution in [2.45, 2.75) is 20.1 Å². The Bertz CT molecular complexity index is 1430. The van der Waals surface area contributed by atoms with Gasteiger partial charge in [-0.05, 0) is 49.4 Å². The Balaban J connectivity index is 1.50. The lowest BCUT2D eigenvalue weighted by molar-refractivity contribution is 0.1000. The zero-order chi connectivity index (χ0) is 22.8. The molecule has 2 N–H and O–H groups in total. The number of imidazole rings is 1. The third-order valence-corrected chi connectivity index (χ3v) is 6.02. The van der Waals surface area contributed by atoms with Crippen LogP contribution in [0.25, 0.3) is 22.3 Å². The minimum absolute atomic E-state index is 0.260. The maximum absolute atomic E-state index is 11.3. The van der Waals surface area contributed by atoms with Crippen LogP contribution in [0.2, 0.25) is 0 Å². The van der Waals surface area contributed by atoms with E-state index in [2.05, 4.69) is 31.0 Å². The molecule has 0 saturated heterocycles. The van der Waals surface area contributed by atoms with E-state index in [9.17, 15) is 4.79 Å². The molecule has 0 aliphatic rings. The zero-order valence-electron chi connectivity index (χ0n) is 17.8. The summed E-state index contributed by atoms with van der Waals surface area (Å²) in [6.45, 7) is 2.83. The lowest BCUT2D eigenvalue weighted by atomic mass is 10.1. The highest BCUT2D eigenvalue weighted by Crippen LogP contribution is 2.26. The number of primary amides is 1. The number of rotatable bonds is 7. The van der Waals surface area contributed by atoms with Gasteiger partial charge in [0.05, 0.1) is 34.0 Å². The second kappa shape index (κ2) is 8.79. The van der Waals surface area contributed by atoms with Crippen LogP contribution in [0, 0.1) is 6.92 Å². The molecule has 0 unspecified atom stereocenters. The van der Waals surface area contributed by atoms with Gasteiger partial charge >= 0.3 is 0 Å². The molecule has 5 rings (SSSR count). The van der Waals surface area contributed by atoms with Crippen LogP contribution in [0.1, 0.15) is 26.9 Å². The standard InChI is InChI=1S/C24H20N6O2S/c1-15-28-18(13-33-15)11-30-22-10-17(20-8-9-26-14-27-20)4-7-21(22)29-23(30)12-32-19-5-2-16(3-6-19)24(25)31/h2-10,13-14H,11-12H2,1H3,(H2,25,31). The van der Waals surface area contributed by atoms with Gasteiger partial charge in [-0.25, -0.2) is 19.9 Å². The Labute approximate surface area is 193 Å². The zero-order valence-corrected chi connectivity index (χ0v) is 18.6. The average Bonchev–Trinajstić information content (AvgIpc) is 3.41. The third-order valence-electron chi connectivity index (χ3n) is 5.20. The number of nitrogens with two attached hydrogens (primary N) is 1. The molecule has 0 spiro atoms. The van der Waals surface area contributed by atoms with Gasteiger partial charge < -0.3 is 15.0 Å². The number of amides is 1. The largest absolute Gasteiger partial charge is 0.486 e. The summed E-state index contributed by atoms with van der Waals surface area (Å²) in [5.74, 6) is 0.931. The quantitative estimate of drug-likeness (QED) is 0.397. The normalized spacial score (nSPS) is 11.1. The van der Waals surface area contributed by atoms with E-state index in [0.29, 0.717) is 17.9 Å². The average molecular weight is 457 g/mol. The fourth-order valence-electron chi connectivity index (χ4n) is 3.59. The number of hydrogen-bond acceptors (Lipinski definition) is 7. The van der Waals surface area contributed by atoms with Gasteiger partial charge in [0.25, 0.3) is 0 Å². The van der Waals surface area contributed by atoms with Gasteiger partial charge in [0.15, 0.2) is 0 Å². The molecule has 0 saturated carbocycles. The first kappa shape index (κ1) is 20.8. The molecule has 164 valence electrons. The van der Waals surface area contributed by atoms with E-state index in [1.54, 1.807) is 41.8 Å². The molecule has 0 aliphatic carbocycles. The first-order valence-corrected chi connectivity index (χ1v) is 11.1. The van der Waals surface area contributed by atoms with Gasteiger partial charge in [-0.15, -0.1) is 11.3 Å². The van der Waals surface area contributed by atoms with Gasteiger partial charge in [0.1, 0.15) is 24.5 Å². The topological polar surface area (TPSA) is 109 Å². The van der Waals surface area contributed by atoms with E-state index in [1.165, 1.54) is 6.33 Å². The molecule has 0 radical (unpaired) electrons. The Morgan fingerprint density at radius 2 is 1.97 bits per heavy atom. The molecular weight excluding hydrogens is 436 g/mol. The second-order valence-corrected chi connectivity index (χ2v) is 8.51. The van der Waals surface area contributed by atoms with E-state index in [-0.39, 0.29) is 6.61 Å². The van der Waals surface area contributed by atoms with Crippen LogP contribution in [0.3, 0.4) is 0 Å². The fourth-order valence-corrected chi connectivity index (χ4v) is 4.19. The summed E-state index contributed by atoms with van der Waals surface area (Å²) in [5.41, 5.74) is 10.4. The molecule has 0 fully saturated rings. The van der Waals surface area contributed by atoms with Crippen molar-refractivity contribution in [3.05, 3.63) is 88.5 Å². The van der Waals surface area contributed by atoms with E-state index in [0.717, 1.165) is 38.8 Å². The summed E-state index contributed by atoms with van der Waals surface area (Å²) < 4.78 is 8.10. The monoisotopic (exact) mass is 456 g/mol. The van der Waals surface area contributed by atoms with Crippen LogP contribution in [0.15, 0.2) is 66.4 Å². The summed E-state index contributed by atoms with van der Waals surface area (Å²) in [4.78, 5) is 29.1. The van der Waals surface area contributed by atoms with Gasteiger partial charge in [-0.1, -0.05) is 6.07 Å². The van der Waals surface area contributed by atoms with Crippen molar-refractivity contribution in [1.82, 2.24) is 24.5 Å². The molecular formula is C24H20N6O2S. The van der Waals surface area contributed by atoms with Crippen molar-refractivity contribution in [3.63, 3.8) is 0 Å². The number of ether oxygens (including phenoxy) is 1. The molecule has 3 aromatic heterocycles. The van der Waals surface area contributed by atoms with Crippen LogP contribution in [0.4, 0.5) is 0 Å². The SMILES string of the molecule is Cc1nc(Cn2c(COc3ccc(C(N)=O)cc3)nc3ccc(-c4ccncn4)cc32)cs1. The minimum atomic E-state index is -0.471. The Hall–Kier alpha value is -4.11. The van der Waals surface area contributed by atoms with Crippen LogP contribution in [0.5, 0.6) is 5.75 Å². The first-order valence-electron chi connectivity index (χ1n) is 10.3. The second-order valence-electron chi connectivity index (χ2n) is 7.45. The number of aryl methyl sites for hydroxylation is 1. The predicted octanol–water partition coefficient (Wildman–Crippen LogP) is 3.98. The van der Waals surface area contributed by atoms with Crippen molar-refractivity contribution in [3.8, 4) is 17.0 Å². The highest BCUT2D eigenvalue weighted by Gasteiger charge is 2.15. The summed E-state index contributed by atoms with van der Waals surface area (Å²) in [6.07, 6.45) is 3.27. The molecule has 0 bridgehead atoms. The van der Waals surface area contributed by atoms with Crippen molar-refractivity contribution >= 4 is 28.3 Å². The summed E-state index contributed by atoms with van der Waals surface area (Å²) in [6, 6.07) is 14.7. The molecule has 0 aliphatic heterocycles.